The Kier molecular flexibility index (Phi) is 9.12. The van der Waals surface area contributed by atoms with Crippen LogP contribution in [-0.2, 0) is 26.4 Å². The summed E-state index contributed by atoms with van der Waals surface area (Å²) in [5, 5.41) is 46.0. The van der Waals surface area contributed by atoms with Gasteiger partial charge in [0.05, 0.1) is 37.8 Å². The van der Waals surface area contributed by atoms with Crippen LogP contribution in [0.4, 0.5) is 34.1 Å². The Morgan fingerprint density at radius 3 is 0.846 bits per heavy atom. The minimum atomic E-state index is -0.0492. The standard InChI is InChI=1S/C46H38N2O4/c49-27-31-9-17-37(18-10-31)47(38-19-11-32(28-50)12-20-38)45-41-7-3-1-5-35(41)25-43-44(45)26-36-6-2-4-8-42(36)46(43)48(39-21-13-33(29-51)14-22-39)40-23-15-34(30-52)16-24-40/h1-26,49-52H,27-30H2. The van der Waals surface area contributed by atoms with E-state index in [0.29, 0.717) is 0 Å². The van der Waals surface area contributed by atoms with Gasteiger partial charge in [0, 0.05) is 44.3 Å². The smallest absolute Gasteiger partial charge is 0.0681 e. The maximum Gasteiger partial charge on any atom is 0.0681 e. The van der Waals surface area contributed by atoms with Crippen LogP contribution >= 0.6 is 0 Å². The van der Waals surface area contributed by atoms with Gasteiger partial charge in [-0.05, 0) is 93.7 Å². The maximum absolute atomic E-state index is 9.90. The fourth-order valence-corrected chi connectivity index (χ4v) is 7.12. The molecule has 256 valence electrons. The Hall–Kier alpha value is -6.02. The lowest BCUT2D eigenvalue weighted by Gasteiger charge is -2.32. The zero-order chi connectivity index (χ0) is 35.6. The lowest BCUT2D eigenvalue weighted by atomic mass is 9.93. The molecule has 8 aromatic rings. The highest BCUT2D eigenvalue weighted by atomic mass is 16.3. The van der Waals surface area contributed by atoms with Crippen molar-refractivity contribution >= 4 is 66.4 Å². The summed E-state index contributed by atoms with van der Waals surface area (Å²) in [6.07, 6.45) is 0. The van der Waals surface area contributed by atoms with Gasteiger partial charge in [0.25, 0.3) is 0 Å². The van der Waals surface area contributed by atoms with Gasteiger partial charge in [-0.25, -0.2) is 0 Å². The second-order valence-electron chi connectivity index (χ2n) is 13.0. The minimum absolute atomic E-state index is 0.0492. The van der Waals surface area contributed by atoms with Gasteiger partial charge in [0.1, 0.15) is 0 Å². The normalized spacial score (nSPS) is 11.4. The number of benzene rings is 8. The van der Waals surface area contributed by atoms with Gasteiger partial charge in [-0.3, -0.25) is 0 Å². The van der Waals surface area contributed by atoms with Crippen LogP contribution in [0.25, 0.3) is 32.3 Å². The van der Waals surface area contributed by atoms with E-state index in [0.717, 1.165) is 88.7 Å². The van der Waals surface area contributed by atoms with Crippen molar-refractivity contribution in [1.29, 1.82) is 0 Å². The third kappa shape index (κ3) is 6.04. The molecule has 52 heavy (non-hydrogen) atoms. The van der Waals surface area contributed by atoms with Gasteiger partial charge in [-0.1, -0.05) is 97.1 Å². The van der Waals surface area contributed by atoms with Crippen LogP contribution in [0.3, 0.4) is 0 Å². The van der Waals surface area contributed by atoms with Crippen LogP contribution in [0.5, 0.6) is 0 Å². The van der Waals surface area contributed by atoms with Gasteiger partial charge in [0.2, 0.25) is 0 Å². The third-order valence-corrected chi connectivity index (χ3v) is 9.79. The lowest BCUT2D eigenvalue weighted by Crippen LogP contribution is -2.14. The summed E-state index contributed by atoms with van der Waals surface area (Å²) in [7, 11) is 0. The first-order valence-corrected chi connectivity index (χ1v) is 17.4. The summed E-state index contributed by atoms with van der Waals surface area (Å²) in [5.74, 6) is 0. The highest BCUT2D eigenvalue weighted by Crippen LogP contribution is 2.50. The largest absolute Gasteiger partial charge is 0.392 e. The molecule has 0 spiro atoms. The number of anilines is 6. The average molecular weight is 683 g/mol. The average Bonchev–Trinajstić information content (AvgIpc) is 3.21. The van der Waals surface area contributed by atoms with E-state index in [9.17, 15) is 20.4 Å². The maximum atomic E-state index is 9.90. The van der Waals surface area contributed by atoms with Crippen molar-refractivity contribution in [2.24, 2.45) is 0 Å². The molecular formula is C46H38N2O4. The molecule has 0 saturated carbocycles. The third-order valence-electron chi connectivity index (χ3n) is 9.79. The molecule has 6 heteroatoms. The predicted octanol–water partition coefficient (Wildman–Crippen LogP) is 10.1. The van der Waals surface area contributed by atoms with E-state index in [1.807, 2.05) is 97.1 Å². The van der Waals surface area contributed by atoms with E-state index in [-0.39, 0.29) is 26.4 Å². The Morgan fingerprint density at radius 2 is 0.577 bits per heavy atom. The molecular weight excluding hydrogens is 645 g/mol. The van der Waals surface area contributed by atoms with Gasteiger partial charge < -0.3 is 30.2 Å². The van der Waals surface area contributed by atoms with Gasteiger partial charge >= 0.3 is 0 Å². The number of hydrogen-bond donors (Lipinski definition) is 4. The molecule has 6 nitrogen and oxygen atoms in total. The van der Waals surface area contributed by atoms with Crippen molar-refractivity contribution < 1.29 is 20.4 Å². The predicted molar refractivity (Wildman–Crippen MR) is 212 cm³/mol. The molecule has 8 aromatic carbocycles. The van der Waals surface area contributed by atoms with E-state index < -0.39 is 0 Å². The highest BCUT2D eigenvalue weighted by Gasteiger charge is 2.25. The van der Waals surface area contributed by atoms with Crippen molar-refractivity contribution in [2.45, 2.75) is 26.4 Å². The summed E-state index contributed by atoms with van der Waals surface area (Å²) in [4.78, 5) is 4.53. The Labute approximate surface area is 302 Å². The quantitative estimate of drug-likeness (QED) is 0.107. The molecule has 4 N–H and O–H groups in total. The van der Waals surface area contributed by atoms with E-state index >= 15 is 0 Å². The number of aliphatic hydroxyl groups is 4. The van der Waals surface area contributed by atoms with E-state index in [1.165, 1.54) is 0 Å². The SMILES string of the molecule is OCc1ccc(N(c2ccc(CO)cc2)c2c3ccccc3cc3c(N(c4ccc(CO)cc4)c4ccc(CO)cc4)c4ccccc4cc23)cc1. The first-order chi connectivity index (χ1) is 25.6. The van der Waals surface area contributed by atoms with Crippen LogP contribution in [0.2, 0.25) is 0 Å². The van der Waals surface area contributed by atoms with Crippen molar-refractivity contribution in [2.75, 3.05) is 9.80 Å². The van der Waals surface area contributed by atoms with Gasteiger partial charge in [0.15, 0.2) is 0 Å². The molecule has 0 fully saturated rings. The monoisotopic (exact) mass is 682 g/mol. The van der Waals surface area contributed by atoms with Crippen molar-refractivity contribution in [3.63, 3.8) is 0 Å². The summed E-state index contributed by atoms with van der Waals surface area (Å²) >= 11 is 0. The number of fused-ring (bicyclic) bond motifs is 3. The number of aliphatic hydroxyl groups excluding tert-OH is 4. The van der Waals surface area contributed by atoms with Crippen LogP contribution in [0.15, 0.2) is 158 Å². The second-order valence-corrected chi connectivity index (χ2v) is 13.0. The number of rotatable bonds is 10. The molecule has 0 saturated heterocycles. The van der Waals surface area contributed by atoms with Gasteiger partial charge in [-0.2, -0.15) is 0 Å². The summed E-state index contributed by atoms with van der Waals surface area (Å²) in [6, 6.07) is 53.4. The molecule has 0 amide bonds. The summed E-state index contributed by atoms with van der Waals surface area (Å²) < 4.78 is 0. The summed E-state index contributed by atoms with van der Waals surface area (Å²) in [5.41, 5.74) is 9.01. The molecule has 0 radical (unpaired) electrons. The highest BCUT2D eigenvalue weighted by molar-refractivity contribution is 6.23. The molecule has 0 aromatic heterocycles. The molecule has 0 heterocycles. The summed E-state index contributed by atoms with van der Waals surface area (Å²) in [6.45, 7) is -0.197. The van der Waals surface area contributed by atoms with Crippen LogP contribution in [0, 0.1) is 0 Å². The van der Waals surface area contributed by atoms with Crippen LogP contribution < -0.4 is 9.80 Å². The molecule has 0 aliphatic carbocycles. The zero-order valence-electron chi connectivity index (χ0n) is 28.5. The van der Waals surface area contributed by atoms with Crippen LogP contribution in [0.1, 0.15) is 22.3 Å². The van der Waals surface area contributed by atoms with E-state index in [4.69, 9.17) is 0 Å². The zero-order valence-corrected chi connectivity index (χ0v) is 28.5. The molecule has 0 atom stereocenters. The Morgan fingerprint density at radius 1 is 0.308 bits per heavy atom. The Balaban J connectivity index is 1.51. The van der Waals surface area contributed by atoms with Crippen LogP contribution in [-0.4, -0.2) is 20.4 Å². The fraction of sp³-hybridized carbons (Fsp3) is 0.0870. The topological polar surface area (TPSA) is 87.4 Å². The molecule has 0 aliphatic heterocycles. The first-order valence-electron chi connectivity index (χ1n) is 17.4. The number of hydrogen-bond acceptors (Lipinski definition) is 6. The van der Waals surface area contributed by atoms with Gasteiger partial charge in [-0.15, -0.1) is 0 Å². The Bertz CT molecular complexity index is 2220. The van der Waals surface area contributed by atoms with E-state index in [1.54, 1.807) is 0 Å². The number of nitrogens with zero attached hydrogens (tertiary/aromatic N) is 2. The van der Waals surface area contributed by atoms with Crippen molar-refractivity contribution in [3.05, 3.63) is 180 Å². The molecule has 0 bridgehead atoms. The lowest BCUT2D eigenvalue weighted by molar-refractivity contribution is 0.281. The van der Waals surface area contributed by atoms with Crippen molar-refractivity contribution in [1.82, 2.24) is 0 Å². The van der Waals surface area contributed by atoms with E-state index in [2.05, 4.69) is 70.5 Å². The second kappa shape index (κ2) is 14.3. The van der Waals surface area contributed by atoms with Crippen molar-refractivity contribution in [3.8, 4) is 0 Å². The fourth-order valence-electron chi connectivity index (χ4n) is 7.12. The minimum Gasteiger partial charge on any atom is -0.392 e. The molecule has 0 unspecified atom stereocenters. The molecule has 0 aliphatic rings. The molecule has 8 rings (SSSR count). The first kappa shape index (κ1) is 33.1.